The fraction of sp³-hybridized carbons (Fsp3) is 0.471. The predicted molar refractivity (Wildman–Crippen MR) is 104 cm³/mol. The van der Waals surface area contributed by atoms with Gasteiger partial charge in [-0.25, -0.2) is 0 Å². The molecule has 0 heterocycles. The van der Waals surface area contributed by atoms with Crippen LogP contribution in [0, 0.1) is 0 Å². The molecule has 0 aromatic heterocycles. The third kappa shape index (κ3) is 6.98. The molecule has 0 fully saturated rings. The van der Waals surface area contributed by atoms with E-state index in [0.29, 0.717) is 19.0 Å². The Kier molecular flexibility index (Phi) is 8.63. The largest absolute Gasteiger partial charge is 0.370 e. The molecule has 0 spiro atoms. The molecule has 0 amide bonds. The summed E-state index contributed by atoms with van der Waals surface area (Å²) < 4.78 is 0. The summed E-state index contributed by atoms with van der Waals surface area (Å²) in [6, 6.07) is 8.74. The Morgan fingerprint density at radius 2 is 1.86 bits per heavy atom. The van der Waals surface area contributed by atoms with Crippen molar-refractivity contribution in [2.24, 2.45) is 10.7 Å². The van der Waals surface area contributed by atoms with Crippen LogP contribution in [0.2, 0.25) is 0 Å². The van der Waals surface area contributed by atoms with Gasteiger partial charge in [-0.05, 0) is 24.5 Å². The van der Waals surface area contributed by atoms with Gasteiger partial charge in [0.25, 0.3) is 0 Å². The highest BCUT2D eigenvalue weighted by Crippen LogP contribution is 2.23. The lowest BCUT2D eigenvalue weighted by Crippen LogP contribution is -2.34. The van der Waals surface area contributed by atoms with Crippen LogP contribution in [-0.2, 0) is 11.8 Å². The van der Waals surface area contributed by atoms with E-state index in [2.05, 4.69) is 61.9 Å². The molecule has 0 aliphatic carbocycles. The monoisotopic (exact) mass is 401 g/mol. The molecule has 118 valence electrons. The summed E-state index contributed by atoms with van der Waals surface area (Å²) in [4.78, 5) is 4.43. The maximum absolute atomic E-state index is 5.85. The number of hydrogen-bond acceptors (Lipinski definition) is 1. The molecule has 0 bridgehead atoms. The van der Waals surface area contributed by atoms with Crippen LogP contribution < -0.4 is 11.1 Å². The number of aryl methyl sites for hydroxylation is 1. The van der Waals surface area contributed by atoms with Crippen molar-refractivity contribution in [1.29, 1.82) is 0 Å². The zero-order valence-electron chi connectivity index (χ0n) is 13.6. The van der Waals surface area contributed by atoms with Gasteiger partial charge in [0, 0.05) is 12.0 Å². The van der Waals surface area contributed by atoms with Crippen molar-refractivity contribution in [3.05, 3.63) is 47.5 Å². The van der Waals surface area contributed by atoms with Crippen molar-refractivity contribution >= 4 is 29.9 Å². The van der Waals surface area contributed by atoms with Crippen LogP contribution in [0.5, 0.6) is 0 Å². The van der Waals surface area contributed by atoms with Crippen molar-refractivity contribution < 1.29 is 0 Å². The minimum Gasteiger partial charge on any atom is -0.370 e. The van der Waals surface area contributed by atoms with Gasteiger partial charge in [0.2, 0.25) is 0 Å². The van der Waals surface area contributed by atoms with Crippen LogP contribution in [-0.4, -0.2) is 19.0 Å². The quantitative estimate of drug-likeness (QED) is 0.331. The Morgan fingerprint density at radius 3 is 2.33 bits per heavy atom. The second-order valence-corrected chi connectivity index (χ2v) is 5.95. The van der Waals surface area contributed by atoms with Gasteiger partial charge in [0.1, 0.15) is 0 Å². The molecule has 0 unspecified atom stereocenters. The number of aliphatic imine (C=N–C) groups is 1. The number of benzene rings is 1. The van der Waals surface area contributed by atoms with E-state index in [1.165, 1.54) is 11.1 Å². The first-order chi connectivity index (χ1) is 9.35. The third-order valence-corrected chi connectivity index (χ3v) is 3.36. The summed E-state index contributed by atoms with van der Waals surface area (Å²) in [7, 11) is 0. The minimum atomic E-state index is -0.0260. The van der Waals surface area contributed by atoms with Crippen LogP contribution in [0.15, 0.2) is 41.4 Å². The van der Waals surface area contributed by atoms with Crippen LogP contribution in [0.25, 0.3) is 0 Å². The average Bonchev–Trinajstić information content (AvgIpc) is 2.43. The Morgan fingerprint density at radius 1 is 1.29 bits per heavy atom. The number of rotatable bonds is 6. The van der Waals surface area contributed by atoms with Crippen molar-refractivity contribution in [2.75, 3.05) is 13.1 Å². The molecule has 0 atom stereocenters. The zero-order chi connectivity index (χ0) is 15.2. The molecule has 1 aromatic carbocycles. The molecule has 0 aliphatic rings. The molecule has 1 aromatic rings. The average molecular weight is 401 g/mol. The second kappa shape index (κ2) is 9.07. The van der Waals surface area contributed by atoms with Crippen molar-refractivity contribution in [1.82, 2.24) is 5.32 Å². The summed E-state index contributed by atoms with van der Waals surface area (Å²) in [5, 5.41) is 3.05. The van der Waals surface area contributed by atoms with Crippen LogP contribution >= 0.6 is 24.0 Å². The fourth-order valence-electron chi connectivity index (χ4n) is 1.86. The van der Waals surface area contributed by atoms with E-state index < -0.39 is 0 Å². The third-order valence-electron chi connectivity index (χ3n) is 3.36. The number of nitrogens with two attached hydrogens (primary N) is 1. The first-order valence-corrected chi connectivity index (χ1v) is 7.12. The van der Waals surface area contributed by atoms with Gasteiger partial charge >= 0.3 is 0 Å². The highest BCUT2D eigenvalue weighted by atomic mass is 127. The lowest BCUT2D eigenvalue weighted by molar-refractivity contribution is 0.539. The van der Waals surface area contributed by atoms with Crippen LogP contribution in [0.3, 0.4) is 0 Å². The Balaban J connectivity index is 0.00000400. The zero-order valence-corrected chi connectivity index (χ0v) is 15.9. The number of halogens is 1. The molecule has 4 heteroatoms. The fourth-order valence-corrected chi connectivity index (χ4v) is 1.86. The lowest BCUT2D eigenvalue weighted by Gasteiger charge is -2.23. The van der Waals surface area contributed by atoms with Gasteiger partial charge < -0.3 is 11.1 Å². The smallest absolute Gasteiger partial charge is 0.188 e. The van der Waals surface area contributed by atoms with E-state index >= 15 is 0 Å². The van der Waals surface area contributed by atoms with Gasteiger partial charge in [0.15, 0.2) is 5.96 Å². The number of guanidine groups is 1. The second-order valence-electron chi connectivity index (χ2n) is 5.95. The maximum Gasteiger partial charge on any atom is 0.188 e. The molecular weight excluding hydrogens is 373 g/mol. The molecule has 0 aliphatic heterocycles. The molecule has 0 saturated heterocycles. The van der Waals surface area contributed by atoms with Gasteiger partial charge in [-0.1, -0.05) is 57.2 Å². The van der Waals surface area contributed by atoms with Crippen molar-refractivity contribution in [3.63, 3.8) is 0 Å². The highest BCUT2D eigenvalue weighted by Gasteiger charge is 2.20. The summed E-state index contributed by atoms with van der Waals surface area (Å²) in [6.45, 7) is 13.6. The molecule has 1 rings (SSSR count). The molecule has 3 nitrogen and oxygen atoms in total. The van der Waals surface area contributed by atoms with Crippen molar-refractivity contribution in [2.45, 2.75) is 39.5 Å². The summed E-state index contributed by atoms with van der Waals surface area (Å²) in [6.07, 6.45) is 1.07. The van der Waals surface area contributed by atoms with E-state index in [9.17, 15) is 0 Å². The normalized spacial score (nSPS) is 11.7. The Hall–Kier alpha value is -1.04. The highest BCUT2D eigenvalue weighted by molar-refractivity contribution is 14.0. The first kappa shape index (κ1) is 20.0. The van der Waals surface area contributed by atoms with Crippen LogP contribution in [0.4, 0.5) is 0 Å². The minimum absolute atomic E-state index is 0. The molecule has 0 saturated carbocycles. The van der Waals surface area contributed by atoms with Gasteiger partial charge in [-0.15, -0.1) is 24.0 Å². The van der Waals surface area contributed by atoms with E-state index in [1.54, 1.807) is 0 Å². The number of nitrogens with one attached hydrogen (secondary N) is 1. The molecule has 3 N–H and O–H groups in total. The SMILES string of the molecule is C=C(C)CNC(N)=NCC(C)(C)c1ccc(CC)cc1.I. The predicted octanol–water partition coefficient (Wildman–Crippen LogP) is 3.63. The Labute approximate surface area is 146 Å². The van der Waals surface area contributed by atoms with Crippen molar-refractivity contribution in [3.8, 4) is 0 Å². The number of hydrogen-bond donors (Lipinski definition) is 2. The summed E-state index contributed by atoms with van der Waals surface area (Å²) in [5.41, 5.74) is 9.50. The van der Waals surface area contributed by atoms with Gasteiger partial charge in [-0.3, -0.25) is 4.99 Å². The topological polar surface area (TPSA) is 50.4 Å². The van der Waals surface area contributed by atoms with E-state index in [4.69, 9.17) is 5.73 Å². The van der Waals surface area contributed by atoms with E-state index in [1.807, 2.05) is 6.92 Å². The first-order valence-electron chi connectivity index (χ1n) is 7.12. The lowest BCUT2D eigenvalue weighted by atomic mass is 9.84. The summed E-state index contributed by atoms with van der Waals surface area (Å²) >= 11 is 0. The molecule has 0 radical (unpaired) electrons. The Bertz CT molecular complexity index is 475. The van der Waals surface area contributed by atoms with Gasteiger partial charge in [-0.2, -0.15) is 0 Å². The van der Waals surface area contributed by atoms with Gasteiger partial charge in [0.05, 0.1) is 6.54 Å². The van der Waals surface area contributed by atoms with Crippen LogP contribution in [0.1, 0.15) is 38.8 Å². The maximum atomic E-state index is 5.85. The standard InChI is InChI=1S/C17H27N3.HI/c1-6-14-7-9-15(10-8-14)17(4,5)12-20-16(18)19-11-13(2)3;/h7-10H,2,6,11-12H2,1,3-5H3,(H3,18,19,20);1H. The van der Waals surface area contributed by atoms with E-state index in [-0.39, 0.29) is 29.4 Å². The molecular formula is C17H28IN3. The summed E-state index contributed by atoms with van der Waals surface area (Å²) in [5.74, 6) is 0.478. The number of nitrogens with zero attached hydrogens (tertiary/aromatic N) is 1. The van der Waals surface area contributed by atoms with E-state index in [0.717, 1.165) is 12.0 Å². The molecule has 21 heavy (non-hydrogen) atoms.